The smallest absolute Gasteiger partial charge is 0.407 e. The first kappa shape index (κ1) is 45.3. The molecule has 1 aliphatic rings. The molecule has 1 saturated heterocycles. The number of rotatable bonds is 16. The van der Waals surface area contributed by atoms with E-state index in [1.807, 2.05) is 113 Å². The van der Waals surface area contributed by atoms with E-state index in [9.17, 15) is 29.4 Å². The van der Waals surface area contributed by atoms with Gasteiger partial charge in [-0.25, -0.2) is 9.59 Å². The number of likely N-dealkylation sites (N-methyl/N-ethyl adjacent to an activating group) is 1. The number of aliphatic hydroxyl groups excluding tert-OH is 1. The fourth-order valence-corrected chi connectivity index (χ4v) is 8.03. The van der Waals surface area contributed by atoms with Crippen molar-refractivity contribution < 1.29 is 29.4 Å². The zero-order chi connectivity index (χ0) is 43.8. The number of aromatic nitrogens is 2. The minimum atomic E-state index is -1.24. The Kier molecular flexibility index (Phi) is 14.7. The zero-order valence-electron chi connectivity index (χ0n) is 36.1. The molecule has 5 amide bonds. The van der Waals surface area contributed by atoms with Crippen molar-refractivity contribution >= 4 is 23.9 Å². The van der Waals surface area contributed by atoms with Crippen LogP contribution >= 0.6 is 0 Å². The summed E-state index contributed by atoms with van der Waals surface area (Å²) in [6.45, 7) is 14.2. The van der Waals surface area contributed by atoms with Gasteiger partial charge in [0.25, 0.3) is 0 Å². The highest BCUT2D eigenvalue weighted by Gasteiger charge is 2.45. The molecule has 4 aromatic rings. The van der Waals surface area contributed by atoms with Crippen LogP contribution in [0.2, 0.25) is 0 Å². The molecule has 0 saturated carbocycles. The molecule has 13 heteroatoms. The number of carbonyl (C=O) groups excluding carboxylic acids is 3. The molecule has 0 spiro atoms. The summed E-state index contributed by atoms with van der Waals surface area (Å²) in [5.41, 5.74) is 3.85. The molecule has 320 valence electrons. The number of carboxylic acid groups (broad SMARTS) is 1. The van der Waals surface area contributed by atoms with E-state index in [0.717, 1.165) is 38.5 Å². The number of carbonyl (C=O) groups is 4. The number of nitrogens with one attached hydrogen (secondary N) is 2. The van der Waals surface area contributed by atoms with Gasteiger partial charge in [0.05, 0.1) is 17.8 Å². The molecule has 13 nitrogen and oxygen atoms in total. The quantitative estimate of drug-likeness (QED) is 0.102. The van der Waals surface area contributed by atoms with Crippen LogP contribution in [0.4, 0.5) is 9.59 Å². The van der Waals surface area contributed by atoms with Gasteiger partial charge in [0.15, 0.2) is 0 Å². The van der Waals surface area contributed by atoms with Gasteiger partial charge in [0.1, 0.15) is 12.1 Å². The standard InChI is InChI=1S/C47H61N7O6/c1-31-17-18-34(29-49-31)30-53-24-25-54(44(53)58)41(47(5,6)7)43(57)51-38(27-32-14-10-9-11-15-32)39(55)28-36(50-42(56)40(46(2,3)4)52(8)45(59)60)26-33-19-21-35(22-20-33)37-16-12-13-23-48-37/h9-23,29,36,38-41,55H,24-28,30H2,1-8H3,(H,50,56)(H,51,57)(H,59,60)/t36-,38-,39-,40+,41+/m0/s1. The van der Waals surface area contributed by atoms with Crippen molar-refractivity contribution in [2.45, 2.75) is 105 Å². The molecule has 0 radical (unpaired) electrons. The van der Waals surface area contributed by atoms with Crippen LogP contribution in [0.1, 0.15) is 70.3 Å². The van der Waals surface area contributed by atoms with Gasteiger partial charge in [0, 0.05) is 56.4 Å². The van der Waals surface area contributed by atoms with Gasteiger partial charge >= 0.3 is 12.1 Å². The van der Waals surface area contributed by atoms with Crippen LogP contribution < -0.4 is 10.6 Å². The number of urea groups is 1. The summed E-state index contributed by atoms with van der Waals surface area (Å²) in [5.74, 6) is -0.888. The Balaban J connectivity index is 1.42. The molecule has 1 fully saturated rings. The molecule has 2 aromatic carbocycles. The molecule has 5 atom stereocenters. The summed E-state index contributed by atoms with van der Waals surface area (Å²) in [5, 5.41) is 28.4. The van der Waals surface area contributed by atoms with E-state index in [4.69, 9.17) is 0 Å². The van der Waals surface area contributed by atoms with Crippen molar-refractivity contribution in [1.29, 1.82) is 0 Å². The fraction of sp³-hybridized carbons (Fsp3) is 0.447. The largest absolute Gasteiger partial charge is 0.465 e. The lowest BCUT2D eigenvalue weighted by molar-refractivity contribution is -0.131. The van der Waals surface area contributed by atoms with Gasteiger partial charge in [-0.2, -0.15) is 0 Å². The van der Waals surface area contributed by atoms with Gasteiger partial charge in [0.2, 0.25) is 11.8 Å². The second kappa shape index (κ2) is 19.5. The van der Waals surface area contributed by atoms with Gasteiger partial charge in [-0.3, -0.25) is 24.5 Å². The van der Waals surface area contributed by atoms with E-state index in [1.54, 1.807) is 43.0 Å². The molecule has 0 unspecified atom stereocenters. The molecule has 0 aliphatic carbocycles. The lowest BCUT2D eigenvalue weighted by Crippen LogP contribution is -2.59. The van der Waals surface area contributed by atoms with Crippen LogP contribution in [0, 0.1) is 17.8 Å². The zero-order valence-corrected chi connectivity index (χ0v) is 36.1. The van der Waals surface area contributed by atoms with Crippen LogP contribution in [0.3, 0.4) is 0 Å². The Morgan fingerprint density at radius 1 is 0.783 bits per heavy atom. The van der Waals surface area contributed by atoms with E-state index in [0.29, 0.717) is 26.1 Å². The van der Waals surface area contributed by atoms with Crippen molar-refractivity contribution in [3.63, 3.8) is 0 Å². The van der Waals surface area contributed by atoms with Crippen molar-refractivity contribution in [1.82, 2.24) is 35.3 Å². The summed E-state index contributed by atoms with van der Waals surface area (Å²) in [4.78, 5) is 67.9. The van der Waals surface area contributed by atoms with Crippen LogP contribution in [-0.2, 0) is 29.0 Å². The van der Waals surface area contributed by atoms with Crippen LogP contribution in [0.15, 0.2) is 97.3 Å². The Hall–Kier alpha value is -5.82. The van der Waals surface area contributed by atoms with Crippen molar-refractivity contribution in [2.24, 2.45) is 10.8 Å². The second-order valence-corrected chi connectivity index (χ2v) is 18.1. The highest BCUT2D eigenvalue weighted by molar-refractivity contribution is 5.89. The highest BCUT2D eigenvalue weighted by Crippen LogP contribution is 2.30. The predicted octanol–water partition coefficient (Wildman–Crippen LogP) is 6.33. The monoisotopic (exact) mass is 819 g/mol. The van der Waals surface area contributed by atoms with E-state index in [2.05, 4.69) is 20.6 Å². The summed E-state index contributed by atoms with van der Waals surface area (Å²) in [6, 6.07) is 23.2. The molecule has 60 heavy (non-hydrogen) atoms. The minimum Gasteiger partial charge on any atom is -0.465 e. The highest BCUT2D eigenvalue weighted by atomic mass is 16.4. The maximum Gasteiger partial charge on any atom is 0.407 e. The number of nitrogens with zero attached hydrogens (tertiary/aromatic N) is 5. The first-order valence-corrected chi connectivity index (χ1v) is 20.6. The van der Waals surface area contributed by atoms with Crippen LogP contribution in [0.25, 0.3) is 11.3 Å². The number of hydrogen-bond acceptors (Lipinski definition) is 7. The van der Waals surface area contributed by atoms with E-state index < -0.39 is 59.0 Å². The lowest BCUT2D eigenvalue weighted by Gasteiger charge is -2.38. The molecule has 3 heterocycles. The molecule has 1 aliphatic heterocycles. The summed E-state index contributed by atoms with van der Waals surface area (Å²) in [7, 11) is 1.37. The maximum absolute atomic E-state index is 14.6. The van der Waals surface area contributed by atoms with Crippen molar-refractivity contribution in [3.05, 3.63) is 120 Å². The third kappa shape index (κ3) is 11.9. The van der Waals surface area contributed by atoms with Crippen LogP contribution in [0.5, 0.6) is 0 Å². The fourth-order valence-electron chi connectivity index (χ4n) is 8.03. The average Bonchev–Trinajstić information content (AvgIpc) is 3.53. The minimum absolute atomic E-state index is 0.0281. The number of amides is 5. The van der Waals surface area contributed by atoms with Crippen molar-refractivity contribution in [2.75, 3.05) is 20.1 Å². The van der Waals surface area contributed by atoms with Gasteiger partial charge < -0.3 is 30.6 Å². The lowest BCUT2D eigenvalue weighted by atomic mass is 9.84. The average molecular weight is 820 g/mol. The Morgan fingerprint density at radius 2 is 1.43 bits per heavy atom. The Morgan fingerprint density at radius 3 is 2.02 bits per heavy atom. The van der Waals surface area contributed by atoms with Crippen LogP contribution in [-0.4, -0.2) is 109 Å². The third-order valence-electron chi connectivity index (χ3n) is 11.0. The molecule has 4 N–H and O–H groups in total. The van der Waals surface area contributed by atoms with E-state index >= 15 is 0 Å². The summed E-state index contributed by atoms with van der Waals surface area (Å²) >= 11 is 0. The molecule has 0 bridgehead atoms. The SMILES string of the molecule is Cc1ccc(CN2CCN([C@H](C(=O)N[C@@H](Cc3ccccc3)[C@@H](O)C[C@H](Cc3ccc(-c4ccccn4)cc3)NC(=O)[C@@H](N(C)C(=O)O)C(C)(C)C)C(C)(C)C)C2=O)cn1. The predicted molar refractivity (Wildman–Crippen MR) is 232 cm³/mol. The van der Waals surface area contributed by atoms with E-state index in [1.165, 1.54) is 7.05 Å². The van der Waals surface area contributed by atoms with Crippen molar-refractivity contribution in [3.8, 4) is 11.3 Å². The number of aliphatic hydroxyl groups is 1. The topological polar surface area (TPSA) is 168 Å². The van der Waals surface area contributed by atoms with Gasteiger partial charge in [-0.15, -0.1) is 0 Å². The summed E-state index contributed by atoms with van der Waals surface area (Å²) < 4.78 is 0. The first-order chi connectivity index (χ1) is 28.3. The van der Waals surface area contributed by atoms with E-state index in [-0.39, 0.29) is 18.9 Å². The Labute approximate surface area is 354 Å². The number of hydrogen-bond donors (Lipinski definition) is 4. The summed E-state index contributed by atoms with van der Waals surface area (Å²) in [6.07, 6.45) is 1.69. The first-order valence-electron chi connectivity index (χ1n) is 20.6. The second-order valence-electron chi connectivity index (χ2n) is 18.1. The Bertz CT molecular complexity index is 2050. The molecular weight excluding hydrogens is 759 g/mol. The van der Waals surface area contributed by atoms with Gasteiger partial charge in [-0.05, 0) is 71.9 Å². The van der Waals surface area contributed by atoms with Gasteiger partial charge in [-0.1, -0.05) is 108 Å². The number of benzene rings is 2. The number of aryl methyl sites for hydroxylation is 1. The molecule has 2 aromatic heterocycles. The third-order valence-corrected chi connectivity index (χ3v) is 11.0. The molecule has 5 rings (SSSR count). The maximum atomic E-state index is 14.6. The molecular formula is C47H61N7O6. The number of pyridine rings is 2. The normalized spacial score (nSPS) is 15.8.